The number of sulfonamides is 1. The Morgan fingerprint density at radius 2 is 1.62 bits per heavy atom. The third kappa shape index (κ3) is 5.41. The van der Waals surface area contributed by atoms with Gasteiger partial charge in [0.25, 0.3) is 0 Å². The van der Waals surface area contributed by atoms with Crippen LogP contribution in [0.15, 0.2) is 59.5 Å². The van der Waals surface area contributed by atoms with E-state index >= 15 is 0 Å². The summed E-state index contributed by atoms with van der Waals surface area (Å²) in [5.74, 6) is -0.572. The molecule has 1 fully saturated rings. The number of nitrogens with zero attached hydrogens (tertiary/aromatic N) is 1. The van der Waals surface area contributed by atoms with Crippen molar-refractivity contribution in [3.63, 3.8) is 0 Å². The molecule has 2 aromatic rings. The van der Waals surface area contributed by atoms with E-state index in [4.69, 9.17) is 4.74 Å². The Morgan fingerprint density at radius 1 is 1.00 bits per heavy atom. The highest BCUT2D eigenvalue weighted by atomic mass is 32.2. The molecule has 2 aromatic carbocycles. The molecule has 1 heterocycles. The molecule has 0 saturated carbocycles. The van der Waals surface area contributed by atoms with Gasteiger partial charge in [-0.05, 0) is 29.8 Å². The van der Waals surface area contributed by atoms with Crippen molar-refractivity contribution in [3.8, 4) is 0 Å². The van der Waals surface area contributed by atoms with Crippen LogP contribution in [0.1, 0.15) is 18.5 Å². The summed E-state index contributed by atoms with van der Waals surface area (Å²) in [5.41, 5.74) is 1.04. The van der Waals surface area contributed by atoms with Crippen LogP contribution in [0.5, 0.6) is 0 Å². The molecule has 2 amide bonds. The molecule has 3 rings (SSSR count). The Kier molecular flexibility index (Phi) is 6.63. The standard InChI is InChI=1S/C20H23N3O5S/c1-15(24)21-17-7-9-18(10-8-17)29(26,27)22-19(16-5-3-2-4-6-16)20(25)23-11-13-28-14-12-23/h2-10,19,22H,11-14H2,1H3,(H,21,24). The van der Waals surface area contributed by atoms with E-state index in [1.54, 1.807) is 35.2 Å². The van der Waals surface area contributed by atoms with Gasteiger partial charge in [-0.15, -0.1) is 0 Å². The zero-order chi connectivity index (χ0) is 20.9. The van der Waals surface area contributed by atoms with E-state index in [1.807, 2.05) is 0 Å². The summed E-state index contributed by atoms with van der Waals surface area (Å²) in [6.45, 7) is 3.04. The summed E-state index contributed by atoms with van der Waals surface area (Å²) in [6, 6.07) is 13.5. The fourth-order valence-electron chi connectivity index (χ4n) is 3.02. The second kappa shape index (κ2) is 9.17. The van der Waals surface area contributed by atoms with Crippen molar-refractivity contribution >= 4 is 27.5 Å². The van der Waals surface area contributed by atoms with Crippen molar-refractivity contribution in [3.05, 3.63) is 60.2 Å². The number of morpholine rings is 1. The van der Waals surface area contributed by atoms with Gasteiger partial charge in [-0.25, -0.2) is 8.42 Å². The molecule has 8 nitrogen and oxygen atoms in total. The second-order valence-corrected chi connectivity index (χ2v) is 8.32. The van der Waals surface area contributed by atoms with Gasteiger partial charge in [-0.2, -0.15) is 4.72 Å². The Bertz CT molecular complexity index is 955. The molecule has 0 radical (unpaired) electrons. The number of nitrogens with one attached hydrogen (secondary N) is 2. The second-order valence-electron chi connectivity index (χ2n) is 6.61. The van der Waals surface area contributed by atoms with Crippen molar-refractivity contribution in [2.24, 2.45) is 0 Å². The molecule has 29 heavy (non-hydrogen) atoms. The van der Waals surface area contributed by atoms with Gasteiger partial charge in [0.05, 0.1) is 18.1 Å². The van der Waals surface area contributed by atoms with Gasteiger partial charge >= 0.3 is 0 Å². The molecular weight excluding hydrogens is 394 g/mol. The maximum absolute atomic E-state index is 13.1. The first-order chi connectivity index (χ1) is 13.9. The first-order valence-electron chi connectivity index (χ1n) is 9.18. The number of hydrogen-bond donors (Lipinski definition) is 2. The Labute approximate surface area is 169 Å². The van der Waals surface area contributed by atoms with Crippen molar-refractivity contribution in [2.75, 3.05) is 31.6 Å². The topological polar surface area (TPSA) is 105 Å². The first-order valence-corrected chi connectivity index (χ1v) is 10.7. The number of anilines is 1. The molecular formula is C20H23N3O5S. The number of ether oxygens (including phenoxy) is 1. The monoisotopic (exact) mass is 417 g/mol. The van der Waals surface area contributed by atoms with E-state index in [1.165, 1.54) is 31.2 Å². The summed E-state index contributed by atoms with van der Waals surface area (Å²) in [4.78, 5) is 25.8. The van der Waals surface area contributed by atoms with Gasteiger partial charge in [0.15, 0.2) is 0 Å². The molecule has 2 N–H and O–H groups in total. The number of benzene rings is 2. The minimum Gasteiger partial charge on any atom is -0.378 e. The van der Waals surface area contributed by atoms with E-state index in [2.05, 4.69) is 10.0 Å². The SMILES string of the molecule is CC(=O)Nc1ccc(S(=O)(=O)NC(C(=O)N2CCOCC2)c2ccccc2)cc1. The zero-order valence-corrected chi connectivity index (χ0v) is 16.8. The molecule has 154 valence electrons. The van der Waals surface area contributed by atoms with Crippen LogP contribution in [0.25, 0.3) is 0 Å². The molecule has 0 bridgehead atoms. The third-order valence-electron chi connectivity index (χ3n) is 4.46. The fraction of sp³-hybridized carbons (Fsp3) is 0.300. The molecule has 0 spiro atoms. The zero-order valence-electron chi connectivity index (χ0n) is 16.0. The maximum atomic E-state index is 13.1. The van der Waals surface area contributed by atoms with Gasteiger partial charge in [0, 0.05) is 25.7 Å². The highest BCUT2D eigenvalue weighted by molar-refractivity contribution is 7.89. The Balaban J connectivity index is 1.86. The largest absolute Gasteiger partial charge is 0.378 e. The minimum absolute atomic E-state index is 0.00214. The summed E-state index contributed by atoms with van der Waals surface area (Å²) < 4.78 is 33.7. The van der Waals surface area contributed by atoms with Crippen molar-refractivity contribution < 1.29 is 22.7 Å². The quantitative estimate of drug-likeness (QED) is 0.742. The molecule has 0 aromatic heterocycles. The van der Waals surface area contributed by atoms with Crippen LogP contribution in [0.4, 0.5) is 5.69 Å². The fourth-order valence-corrected chi connectivity index (χ4v) is 4.19. The number of carbonyl (C=O) groups excluding carboxylic acids is 2. The predicted octanol–water partition coefficient (Wildman–Crippen LogP) is 1.52. The van der Waals surface area contributed by atoms with E-state index in [0.717, 1.165) is 0 Å². The van der Waals surface area contributed by atoms with E-state index < -0.39 is 16.1 Å². The number of carbonyl (C=O) groups is 2. The highest BCUT2D eigenvalue weighted by Gasteiger charge is 2.31. The molecule has 1 saturated heterocycles. The van der Waals surface area contributed by atoms with Crippen LogP contribution in [0.3, 0.4) is 0 Å². The Morgan fingerprint density at radius 3 is 2.21 bits per heavy atom. The van der Waals surface area contributed by atoms with Gasteiger partial charge in [0.2, 0.25) is 21.8 Å². The normalized spacial score (nSPS) is 15.6. The van der Waals surface area contributed by atoms with Gasteiger partial charge in [0.1, 0.15) is 6.04 Å². The lowest BCUT2D eigenvalue weighted by Gasteiger charge is -2.30. The number of amides is 2. The number of rotatable bonds is 6. The average Bonchev–Trinajstić information content (AvgIpc) is 2.73. The Hall–Kier alpha value is -2.75. The van der Waals surface area contributed by atoms with Gasteiger partial charge in [-0.1, -0.05) is 30.3 Å². The first kappa shape index (κ1) is 21.0. The smallest absolute Gasteiger partial charge is 0.245 e. The summed E-state index contributed by atoms with van der Waals surface area (Å²) in [5, 5.41) is 2.58. The lowest BCUT2D eigenvalue weighted by molar-refractivity contribution is -0.137. The number of hydrogen-bond acceptors (Lipinski definition) is 5. The van der Waals surface area contributed by atoms with E-state index in [-0.39, 0.29) is 16.7 Å². The lowest BCUT2D eigenvalue weighted by Crippen LogP contribution is -2.47. The summed E-state index contributed by atoms with van der Waals surface area (Å²) >= 11 is 0. The van der Waals surface area contributed by atoms with Crippen LogP contribution >= 0.6 is 0 Å². The van der Waals surface area contributed by atoms with Crippen LogP contribution in [-0.4, -0.2) is 51.4 Å². The summed E-state index contributed by atoms with van der Waals surface area (Å²) in [7, 11) is -3.98. The van der Waals surface area contributed by atoms with Crippen LogP contribution in [0.2, 0.25) is 0 Å². The van der Waals surface area contributed by atoms with Crippen LogP contribution < -0.4 is 10.0 Å². The van der Waals surface area contributed by atoms with E-state index in [0.29, 0.717) is 37.6 Å². The highest BCUT2D eigenvalue weighted by Crippen LogP contribution is 2.21. The predicted molar refractivity (Wildman–Crippen MR) is 108 cm³/mol. The summed E-state index contributed by atoms with van der Waals surface area (Å²) in [6.07, 6.45) is 0. The molecule has 1 aliphatic rings. The molecule has 9 heteroatoms. The van der Waals surface area contributed by atoms with Crippen LogP contribution in [-0.2, 0) is 24.3 Å². The van der Waals surface area contributed by atoms with Crippen molar-refractivity contribution in [1.29, 1.82) is 0 Å². The molecule has 1 atom stereocenters. The lowest BCUT2D eigenvalue weighted by atomic mass is 10.1. The minimum atomic E-state index is -3.98. The van der Waals surface area contributed by atoms with Crippen molar-refractivity contribution in [1.82, 2.24) is 9.62 Å². The maximum Gasteiger partial charge on any atom is 0.245 e. The van der Waals surface area contributed by atoms with E-state index in [9.17, 15) is 18.0 Å². The third-order valence-corrected chi connectivity index (χ3v) is 5.90. The van der Waals surface area contributed by atoms with Gasteiger partial charge in [-0.3, -0.25) is 9.59 Å². The van der Waals surface area contributed by atoms with Crippen LogP contribution in [0, 0.1) is 0 Å². The van der Waals surface area contributed by atoms with Gasteiger partial charge < -0.3 is 15.0 Å². The average molecular weight is 417 g/mol. The molecule has 0 aliphatic carbocycles. The molecule has 1 unspecified atom stereocenters. The van der Waals surface area contributed by atoms with Crippen molar-refractivity contribution in [2.45, 2.75) is 17.9 Å². The molecule has 1 aliphatic heterocycles.